The molecule has 1 N–H and O–H groups in total. The number of fused-ring (bicyclic) bond motifs is 2. The third-order valence-corrected chi connectivity index (χ3v) is 4.97. The van der Waals surface area contributed by atoms with Gasteiger partial charge in [-0.15, -0.1) is 0 Å². The molecular weight excluding hydrogens is 350 g/mol. The van der Waals surface area contributed by atoms with Gasteiger partial charge in [0.2, 0.25) is 5.28 Å². The average Bonchev–Trinajstić information content (AvgIpc) is 2.67. The van der Waals surface area contributed by atoms with Gasteiger partial charge >= 0.3 is 0 Å². The smallest absolute Gasteiger partial charge is 0.223 e. The number of methoxy groups -OCH3 is 1. The molecule has 0 amide bonds. The second kappa shape index (κ2) is 6.74. The van der Waals surface area contributed by atoms with E-state index in [-0.39, 0.29) is 5.28 Å². The number of aromatic nitrogens is 2. The van der Waals surface area contributed by atoms with Gasteiger partial charge in [0.1, 0.15) is 11.4 Å². The van der Waals surface area contributed by atoms with Crippen molar-refractivity contribution in [1.29, 1.82) is 0 Å². The van der Waals surface area contributed by atoms with Crippen LogP contribution in [0.2, 0.25) is 5.28 Å². The van der Waals surface area contributed by atoms with Crippen molar-refractivity contribution in [2.45, 2.75) is 18.9 Å². The molecule has 1 aromatic heterocycles. The van der Waals surface area contributed by atoms with Gasteiger partial charge in [0.15, 0.2) is 0 Å². The van der Waals surface area contributed by atoms with Crippen molar-refractivity contribution in [3.8, 4) is 5.75 Å². The van der Waals surface area contributed by atoms with E-state index in [0.29, 0.717) is 6.61 Å². The quantitative estimate of drug-likeness (QED) is 0.691. The minimum Gasteiger partial charge on any atom is -0.497 e. The SMILES string of the molecule is CCOC1(c2nc(Cl)nc3ccccc23)CCNc2ccc(OC)cc21. The van der Waals surface area contributed by atoms with Crippen LogP contribution in [0.25, 0.3) is 10.9 Å². The predicted molar refractivity (Wildman–Crippen MR) is 103 cm³/mol. The first-order valence-corrected chi connectivity index (χ1v) is 9.05. The van der Waals surface area contributed by atoms with Gasteiger partial charge in [-0.1, -0.05) is 18.2 Å². The van der Waals surface area contributed by atoms with Crippen LogP contribution in [0.15, 0.2) is 42.5 Å². The van der Waals surface area contributed by atoms with E-state index in [4.69, 9.17) is 21.1 Å². The summed E-state index contributed by atoms with van der Waals surface area (Å²) in [5, 5.41) is 4.62. The molecule has 2 aromatic carbocycles. The van der Waals surface area contributed by atoms with E-state index in [1.54, 1.807) is 7.11 Å². The molecule has 4 rings (SSSR count). The van der Waals surface area contributed by atoms with E-state index in [1.807, 2.05) is 49.4 Å². The molecule has 2 heterocycles. The number of nitrogens with zero attached hydrogens (tertiary/aromatic N) is 2. The molecule has 5 nitrogen and oxygen atoms in total. The minimum absolute atomic E-state index is 0.223. The lowest BCUT2D eigenvalue weighted by atomic mass is 9.81. The maximum atomic E-state index is 6.40. The molecule has 26 heavy (non-hydrogen) atoms. The molecule has 1 aliphatic rings. The third-order valence-electron chi connectivity index (χ3n) is 4.80. The molecule has 0 fully saturated rings. The number of nitrogens with one attached hydrogen (secondary N) is 1. The fourth-order valence-corrected chi connectivity index (χ4v) is 3.89. The van der Waals surface area contributed by atoms with Crippen molar-refractivity contribution in [1.82, 2.24) is 9.97 Å². The molecule has 6 heteroatoms. The fraction of sp³-hybridized carbons (Fsp3) is 0.300. The number of benzene rings is 2. The Morgan fingerprint density at radius 1 is 1.19 bits per heavy atom. The molecular formula is C20H20ClN3O2. The topological polar surface area (TPSA) is 56.3 Å². The summed E-state index contributed by atoms with van der Waals surface area (Å²) in [6, 6.07) is 13.9. The Balaban J connectivity index is 2.04. The van der Waals surface area contributed by atoms with Gasteiger partial charge in [-0.2, -0.15) is 0 Å². The summed E-state index contributed by atoms with van der Waals surface area (Å²) in [5.74, 6) is 0.779. The number of hydrogen-bond acceptors (Lipinski definition) is 5. The van der Waals surface area contributed by atoms with Crippen LogP contribution < -0.4 is 10.1 Å². The highest BCUT2D eigenvalue weighted by atomic mass is 35.5. The van der Waals surface area contributed by atoms with Gasteiger partial charge in [0.25, 0.3) is 0 Å². The first-order valence-electron chi connectivity index (χ1n) is 8.67. The van der Waals surface area contributed by atoms with Crippen LogP contribution in [0.3, 0.4) is 0 Å². The molecule has 1 atom stereocenters. The lowest BCUT2D eigenvalue weighted by Crippen LogP contribution is -2.39. The predicted octanol–water partition coefficient (Wildman–Crippen LogP) is 4.39. The van der Waals surface area contributed by atoms with E-state index in [0.717, 1.165) is 46.6 Å². The summed E-state index contributed by atoms with van der Waals surface area (Å²) in [4.78, 5) is 9.00. The average molecular weight is 370 g/mol. The highest BCUT2D eigenvalue weighted by Gasteiger charge is 2.42. The monoisotopic (exact) mass is 369 g/mol. The Morgan fingerprint density at radius 2 is 2.04 bits per heavy atom. The second-order valence-electron chi connectivity index (χ2n) is 6.21. The summed E-state index contributed by atoms with van der Waals surface area (Å²) in [6.45, 7) is 3.32. The number of para-hydroxylation sites is 1. The van der Waals surface area contributed by atoms with E-state index in [1.165, 1.54) is 0 Å². The summed E-state index contributed by atoms with van der Waals surface area (Å²) >= 11 is 6.27. The van der Waals surface area contributed by atoms with Crippen molar-refractivity contribution >= 4 is 28.2 Å². The van der Waals surface area contributed by atoms with Gasteiger partial charge in [0, 0.05) is 36.2 Å². The lowest BCUT2D eigenvalue weighted by Gasteiger charge is -2.39. The first-order chi connectivity index (χ1) is 12.7. The van der Waals surface area contributed by atoms with Gasteiger partial charge in [-0.3, -0.25) is 0 Å². The molecule has 1 aliphatic heterocycles. The number of halogens is 1. The second-order valence-corrected chi connectivity index (χ2v) is 6.54. The third kappa shape index (κ3) is 2.68. The number of anilines is 1. The van der Waals surface area contributed by atoms with Crippen molar-refractivity contribution < 1.29 is 9.47 Å². The van der Waals surface area contributed by atoms with Gasteiger partial charge in [0.05, 0.1) is 18.3 Å². The summed E-state index contributed by atoms with van der Waals surface area (Å²) in [7, 11) is 1.66. The van der Waals surface area contributed by atoms with Crippen LogP contribution in [-0.4, -0.2) is 30.2 Å². The fourth-order valence-electron chi connectivity index (χ4n) is 3.71. The van der Waals surface area contributed by atoms with E-state index < -0.39 is 5.60 Å². The highest BCUT2D eigenvalue weighted by Crippen LogP contribution is 2.46. The van der Waals surface area contributed by atoms with Crippen molar-refractivity contribution in [2.24, 2.45) is 0 Å². The zero-order valence-electron chi connectivity index (χ0n) is 14.8. The van der Waals surface area contributed by atoms with Crippen LogP contribution in [0.5, 0.6) is 5.75 Å². The number of hydrogen-bond donors (Lipinski definition) is 1. The zero-order chi connectivity index (χ0) is 18.1. The highest BCUT2D eigenvalue weighted by molar-refractivity contribution is 6.28. The van der Waals surface area contributed by atoms with Gasteiger partial charge in [-0.25, -0.2) is 9.97 Å². The lowest BCUT2D eigenvalue weighted by molar-refractivity contribution is -0.0190. The molecule has 0 bridgehead atoms. The maximum absolute atomic E-state index is 6.40. The van der Waals surface area contributed by atoms with Crippen molar-refractivity contribution in [3.05, 3.63) is 59.0 Å². The Hall–Kier alpha value is -2.37. The number of rotatable bonds is 4. The Morgan fingerprint density at radius 3 is 2.85 bits per heavy atom. The molecule has 0 saturated carbocycles. The molecule has 0 spiro atoms. The van der Waals surface area contributed by atoms with Crippen LogP contribution in [0.4, 0.5) is 5.69 Å². The van der Waals surface area contributed by atoms with E-state index in [9.17, 15) is 0 Å². The van der Waals surface area contributed by atoms with Crippen LogP contribution in [0, 0.1) is 0 Å². The van der Waals surface area contributed by atoms with Crippen molar-refractivity contribution in [3.63, 3.8) is 0 Å². The molecule has 0 aliphatic carbocycles. The van der Waals surface area contributed by atoms with E-state index in [2.05, 4.69) is 15.3 Å². The van der Waals surface area contributed by atoms with Crippen LogP contribution >= 0.6 is 11.6 Å². The van der Waals surface area contributed by atoms with Crippen molar-refractivity contribution in [2.75, 3.05) is 25.6 Å². The number of ether oxygens (including phenoxy) is 2. The van der Waals surface area contributed by atoms with Crippen LogP contribution in [0.1, 0.15) is 24.6 Å². The summed E-state index contributed by atoms with van der Waals surface area (Å²) in [5.41, 5.74) is 2.92. The molecule has 134 valence electrons. The first kappa shape index (κ1) is 17.1. The molecule has 3 aromatic rings. The molecule has 1 unspecified atom stereocenters. The molecule has 0 saturated heterocycles. The Kier molecular flexibility index (Phi) is 4.42. The zero-order valence-corrected chi connectivity index (χ0v) is 15.5. The summed E-state index contributed by atoms with van der Waals surface area (Å²) < 4.78 is 11.9. The minimum atomic E-state index is -0.712. The Labute approximate surface area is 157 Å². The summed E-state index contributed by atoms with van der Waals surface area (Å²) in [6.07, 6.45) is 0.734. The molecule has 0 radical (unpaired) electrons. The maximum Gasteiger partial charge on any atom is 0.223 e. The van der Waals surface area contributed by atoms with Gasteiger partial charge < -0.3 is 14.8 Å². The normalized spacial score (nSPS) is 19.0. The Bertz CT molecular complexity index is 963. The van der Waals surface area contributed by atoms with E-state index >= 15 is 0 Å². The van der Waals surface area contributed by atoms with Gasteiger partial charge in [-0.05, 0) is 42.8 Å². The largest absolute Gasteiger partial charge is 0.497 e. The van der Waals surface area contributed by atoms with Crippen LogP contribution in [-0.2, 0) is 10.3 Å². The standard InChI is InChI=1S/C20H20ClN3O2/c1-3-26-20(10-11-22-17-9-8-13(25-2)12-15(17)20)18-14-6-4-5-7-16(14)23-19(21)24-18/h4-9,12,22H,3,10-11H2,1-2H3.